The maximum absolute atomic E-state index is 14.6. The Hall–Kier alpha value is -4.53. The van der Waals surface area contributed by atoms with E-state index in [1.54, 1.807) is 46.1 Å². The van der Waals surface area contributed by atoms with Crippen LogP contribution in [0.1, 0.15) is 97.6 Å². The number of allylic oxidation sites excluding steroid dienone is 1. The van der Waals surface area contributed by atoms with Crippen LogP contribution < -0.4 is 19.5 Å². The molecule has 15 heteroatoms. The van der Waals surface area contributed by atoms with E-state index in [4.69, 9.17) is 24.2 Å². The third kappa shape index (κ3) is 10.2. The van der Waals surface area contributed by atoms with Crippen molar-refractivity contribution in [2.75, 3.05) is 13.7 Å². The number of esters is 1. The number of unbranched alkanes of at least 4 members (excludes halogenated alkanes) is 3. The number of aryl methyl sites for hydroxylation is 1. The fraction of sp³-hybridized carbons (Fsp3) is 0.600. The lowest BCUT2D eigenvalue weighted by atomic mass is 9.95. The number of rotatable bonds is 19. The second-order valence-electron chi connectivity index (χ2n) is 15.8. The molecule has 300 valence electrons. The molecule has 2 aromatic rings. The van der Waals surface area contributed by atoms with Gasteiger partial charge in [-0.05, 0) is 77.8 Å². The van der Waals surface area contributed by atoms with Gasteiger partial charge >= 0.3 is 5.97 Å². The summed E-state index contributed by atoms with van der Waals surface area (Å²) < 4.78 is 45.1. The highest BCUT2D eigenvalue weighted by Crippen LogP contribution is 2.45. The van der Waals surface area contributed by atoms with Crippen molar-refractivity contribution in [1.29, 1.82) is 0 Å². The standard InChI is InChI=1S/C40H55N5O9S/c1-8-11-12-13-14-15-25(20-34(46)54-39(4,5)6)37(48)45-24-28(53-36-30(10-3)41-31-19-16-27(52-7)21-32(31)42-36)22-33(45)35(47)43-40(23-26(40)9-2)38(49)44-55(50,51)29-17-18-29/h8-9,16,19,21,25-26,28-29,33H,1-2,10-15,17-18,20,22-24H2,3-7H3,(H,43,47)(H,44,49)/t25-,26-,28-,33+,40-/m1/s1. The van der Waals surface area contributed by atoms with Crippen LogP contribution in [0.5, 0.6) is 11.6 Å². The first-order valence-electron chi connectivity index (χ1n) is 19.2. The number of sulfonamides is 1. The van der Waals surface area contributed by atoms with Gasteiger partial charge < -0.3 is 24.4 Å². The third-order valence-corrected chi connectivity index (χ3v) is 12.1. The summed E-state index contributed by atoms with van der Waals surface area (Å²) >= 11 is 0. The summed E-state index contributed by atoms with van der Waals surface area (Å²) in [7, 11) is -2.35. The third-order valence-electron chi connectivity index (χ3n) is 10.3. The van der Waals surface area contributed by atoms with E-state index in [0.29, 0.717) is 54.6 Å². The number of ether oxygens (including phenoxy) is 3. The van der Waals surface area contributed by atoms with Crippen LogP contribution in [-0.2, 0) is 40.4 Å². The number of fused-ring (bicyclic) bond motifs is 1. The molecule has 14 nitrogen and oxygen atoms in total. The topological polar surface area (TPSA) is 183 Å². The van der Waals surface area contributed by atoms with E-state index in [1.165, 1.54) is 11.0 Å². The molecule has 0 unspecified atom stereocenters. The molecule has 3 aliphatic rings. The lowest BCUT2D eigenvalue weighted by Gasteiger charge is -2.30. The first-order chi connectivity index (χ1) is 26.0. The van der Waals surface area contributed by atoms with Gasteiger partial charge in [0.1, 0.15) is 34.7 Å². The monoisotopic (exact) mass is 781 g/mol. The zero-order chi connectivity index (χ0) is 40.1. The number of amides is 3. The van der Waals surface area contributed by atoms with Gasteiger partial charge in [-0.15, -0.1) is 13.2 Å². The molecule has 1 aromatic heterocycles. The normalized spacial score (nSPS) is 22.7. The number of carbonyl (C=O) groups excluding carboxylic acids is 4. The summed E-state index contributed by atoms with van der Waals surface area (Å²) in [6.45, 7) is 14.7. The van der Waals surface area contributed by atoms with Gasteiger partial charge in [0.2, 0.25) is 27.7 Å². The Kier molecular flexibility index (Phi) is 12.9. The molecule has 0 radical (unpaired) electrons. The second kappa shape index (κ2) is 17.1. The number of aromatic nitrogens is 2. The second-order valence-corrected chi connectivity index (χ2v) is 17.7. The molecule has 2 saturated carbocycles. The number of methoxy groups -OCH3 is 1. The maximum Gasteiger partial charge on any atom is 0.307 e. The first kappa shape index (κ1) is 41.6. The fourth-order valence-electron chi connectivity index (χ4n) is 7.05. The molecule has 2 N–H and O–H groups in total. The Balaban J connectivity index is 1.44. The summed E-state index contributed by atoms with van der Waals surface area (Å²) in [5, 5.41) is 2.18. The zero-order valence-electron chi connectivity index (χ0n) is 32.6. The van der Waals surface area contributed by atoms with Gasteiger partial charge in [0.05, 0.1) is 36.4 Å². The summed E-state index contributed by atoms with van der Waals surface area (Å²) in [6.07, 6.45) is 7.61. The lowest BCUT2D eigenvalue weighted by Crippen LogP contribution is -2.57. The molecule has 5 rings (SSSR count). The van der Waals surface area contributed by atoms with E-state index in [9.17, 15) is 27.6 Å². The first-order valence-corrected chi connectivity index (χ1v) is 20.7. The van der Waals surface area contributed by atoms with Gasteiger partial charge in [0.25, 0.3) is 5.91 Å². The Bertz CT molecular complexity index is 1910. The number of nitrogens with zero attached hydrogens (tertiary/aromatic N) is 3. The highest BCUT2D eigenvalue weighted by atomic mass is 32.2. The predicted molar refractivity (Wildman–Crippen MR) is 206 cm³/mol. The predicted octanol–water partition coefficient (Wildman–Crippen LogP) is 4.70. The van der Waals surface area contributed by atoms with Gasteiger partial charge in [0.15, 0.2) is 0 Å². The van der Waals surface area contributed by atoms with Gasteiger partial charge in [-0.3, -0.25) is 23.9 Å². The Morgan fingerprint density at radius 3 is 2.45 bits per heavy atom. The summed E-state index contributed by atoms with van der Waals surface area (Å²) in [6, 6.07) is 4.22. The van der Waals surface area contributed by atoms with Crippen LogP contribution in [0.15, 0.2) is 43.5 Å². The molecule has 0 bridgehead atoms. The van der Waals surface area contributed by atoms with Crippen molar-refractivity contribution in [3.8, 4) is 11.6 Å². The smallest absolute Gasteiger partial charge is 0.307 e. The van der Waals surface area contributed by atoms with Crippen LogP contribution in [0.2, 0.25) is 0 Å². The van der Waals surface area contributed by atoms with Crippen molar-refractivity contribution in [1.82, 2.24) is 24.9 Å². The van der Waals surface area contributed by atoms with Crippen LogP contribution >= 0.6 is 0 Å². The number of hydrogen-bond donors (Lipinski definition) is 2. The van der Waals surface area contributed by atoms with Gasteiger partial charge in [-0.25, -0.2) is 18.4 Å². The lowest BCUT2D eigenvalue weighted by molar-refractivity contribution is -0.159. The van der Waals surface area contributed by atoms with Crippen molar-refractivity contribution in [3.05, 3.63) is 49.2 Å². The van der Waals surface area contributed by atoms with E-state index in [-0.39, 0.29) is 31.7 Å². The molecule has 1 aromatic carbocycles. The van der Waals surface area contributed by atoms with E-state index in [1.807, 2.05) is 13.0 Å². The van der Waals surface area contributed by atoms with E-state index in [2.05, 4.69) is 23.2 Å². The number of carbonyl (C=O) groups is 4. The molecule has 2 heterocycles. The van der Waals surface area contributed by atoms with E-state index >= 15 is 0 Å². The van der Waals surface area contributed by atoms with Crippen molar-refractivity contribution in [3.63, 3.8) is 0 Å². The molecule has 1 saturated heterocycles. The molecule has 0 spiro atoms. The average molecular weight is 782 g/mol. The summed E-state index contributed by atoms with van der Waals surface area (Å²) in [5.74, 6) is -2.90. The Morgan fingerprint density at radius 1 is 1.09 bits per heavy atom. The number of nitrogens with one attached hydrogen (secondary N) is 2. The minimum absolute atomic E-state index is 0.0146. The van der Waals surface area contributed by atoms with Crippen LogP contribution in [0.25, 0.3) is 11.0 Å². The molecule has 5 atom stereocenters. The van der Waals surface area contributed by atoms with Gasteiger partial charge in [-0.2, -0.15) is 0 Å². The van der Waals surface area contributed by atoms with Crippen molar-refractivity contribution < 1.29 is 41.8 Å². The van der Waals surface area contributed by atoms with Crippen LogP contribution in [0, 0.1) is 11.8 Å². The number of likely N-dealkylation sites (tertiary alicyclic amines) is 1. The van der Waals surface area contributed by atoms with Gasteiger partial charge in [-0.1, -0.05) is 31.9 Å². The minimum atomic E-state index is -3.90. The average Bonchev–Trinajstić information content (AvgIpc) is 4.06. The van der Waals surface area contributed by atoms with E-state index in [0.717, 1.165) is 19.3 Å². The molecule has 2 aliphatic carbocycles. The molecule has 3 fully saturated rings. The Labute approximate surface area is 323 Å². The summed E-state index contributed by atoms with van der Waals surface area (Å²) in [5.41, 5.74) is -0.534. The molecule has 3 amide bonds. The molecular formula is C40H55N5O9S. The number of hydrogen-bond acceptors (Lipinski definition) is 11. The minimum Gasteiger partial charge on any atom is -0.497 e. The highest BCUT2D eigenvalue weighted by molar-refractivity contribution is 7.91. The molecule has 55 heavy (non-hydrogen) atoms. The maximum atomic E-state index is 14.6. The SMILES string of the molecule is C=CCCCCC[C@H](CC(=O)OC(C)(C)C)C(=O)N1C[C@H](Oc2nc3cc(OC)ccc3nc2CC)C[C@H]1C(=O)N[C@]1(C(=O)NS(=O)(=O)C2CC2)C[C@H]1C=C. The number of benzene rings is 1. The van der Waals surface area contributed by atoms with Crippen molar-refractivity contribution in [2.24, 2.45) is 11.8 Å². The van der Waals surface area contributed by atoms with Crippen molar-refractivity contribution in [2.45, 2.75) is 127 Å². The van der Waals surface area contributed by atoms with Crippen LogP contribution in [0.4, 0.5) is 0 Å². The molecular weight excluding hydrogens is 727 g/mol. The fourth-order valence-corrected chi connectivity index (χ4v) is 8.41. The van der Waals surface area contributed by atoms with Crippen LogP contribution in [0.3, 0.4) is 0 Å². The Morgan fingerprint density at radius 2 is 1.84 bits per heavy atom. The summed E-state index contributed by atoms with van der Waals surface area (Å²) in [4.78, 5) is 66.5. The van der Waals surface area contributed by atoms with Crippen LogP contribution in [-0.4, -0.2) is 89.2 Å². The molecule has 1 aliphatic heterocycles. The van der Waals surface area contributed by atoms with E-state index < -0.39 is 74.1 Å². The highest BCUT2D eigenvalue weighted by Gasteiger charge is 2.62. The quantitative estimate of drug-likeness (QED) is 0.114. The largest absolute Gasteiger partial charge is 0.497 e. The van der Waals surface area contributed by atoms with Crippen molar-refractivity contribution >= 4 is 44.7 Å². The zero-order valence-corrected chi connectivity index (χ0v) is 33.4. The van der Waals surface area contributed by atoms with Gasteiger partial charge in [0, 0.05) is 24.3 Å².